The van der Waals surface area contributed by atoms with Gasteiger partial charge in [-0.15, -0.1) is 0 Å². The highest BCUT2D eigenvalue weighted by Gasteiger charge is 2.01. The van der Waals surface area contributed by atoms with Gasteiger partial charge in [-0.2, -0.15) is 0 Å². The summed E-state index contributed by atoms with van der Waals surface area (Å²) < 4.78 is 0. The Morgan fingerprint density at radius 1 is 1.25 bits per heavy atom. The lowest BCUT2D eigenvalue weighted by molar-refractivity contribution is 0.230. The lowest BCUT2D eigenvalue weighted by Crippen LogP contribution is -2.27. The summed E-state index contributed by atoms with van der Waals surface area (Å²) in [6.07, 6.45) is 0. The standard InChI is InChI=1S/C9H12N2O/c1-11(2)9(12)10-8-6-4-3-5-7-8/h3-7H,1-2H3,(H,10,12)/i1+2,2+2. The third kappa shape index (κ3) is 2.27. The molecule has 0 saturated carbocycles. The van der Waals surface area contributed by atoms with E-state index in [2.05, 4.69) is 5.32 Å². The van der Waals surface area contributed by atoms with Crippen molar-refractivity contribution < 1.29 is 4.79 Å². The van der Waals surface area contributed by atoms with Crippen LogP contribution in [0.15, 0.2) is 30.3 Å². The van der Waals surface area contributed by atoms with Gasteiger partial charge in [-0.05, 0) is 12.1 Å². The third-order valence-corrected chi connectivity index (χ3v) is 1.43. The minimum absolute atomic E-state index is 0.110. The van der Waals surface area contributed by atoms with Gasteiger partial charge in [0.1, 0.15) is 0 Å². The van der Waals surface area contributed by atoms with Crippen molar-refractivity contribution in [1.29, 1.82) is 0 Å². The topological polar surface area (TPSA) is 32.3 Å². The Morgan fingerprint density at radius 2 is 1.83 bits per heavy atom. The van der Waals surface area contributed by atoms with Crippen LogP contribution in [0.2, 0.25) is 0 Å². The Balaban J connectivity index is 2.59. The highest BCUT2D eigenvalue weighted by molar-refractivity contribution is 5.88. The molecule has 12 heavy (non-hydrogen) atoms. The number of carbonyl (C=O) groups excluding carboxylic acids is 1. The number of benzene rings is 1. The van der Waals surface area contributed by atoms with E-state index in [9.17, 15) is 4.79 Å². The molecule has 0 heterocycles. The van der Waals surface area contributed by atoms with Crippen molar-refractivity contribution in [3.8, 4) is 0 Å². The summed E-state index contributed by atoms with van der Waals surface area (Å²) in [5, 5.41) is 2.73. The number of para-hydroxylation sites is 1. The van der Waals surface area contributed by atoms with Gasteiger partial charge in [0.15, 0.2) is 0 Å². The molecule has 2 amide bonds. The van der Waals surface area contributed by atoms with Crippen LogP contribution in [0, 0.1) is 0 Å². The normalized spacial score (nSPS) is 9.17. The number of anilines is 1. The fraction of sp³-hybridized carbons (Fsp3) is 0.222. The molecular formula is C9H12N2O. The van der Waals surface area contributed by atoms with Gasteiger partial charge >= 0.3 is 6.03 Å². The second kappa shape index (κ2) is 3.76. The fourth-order valence-corrected chi connectivity index (χ4v) is 0.757. The van der Waals surface area contributed by atoms with E-state index in [0.717, 1.165) is 5.69 Å². The van der Waals surface area contributed by atoms with Crippen molar-refractivity contribution in [1.82, 2.24) is 4.90 Å². The molecule has 0 aromatic heterocycles. The zero-order chi connectivity index (χ0) is 8.97. The summed E-state index contributed by atoms with van der Waals surface area (Å²) in [4.78, 5) is 12.6. The van der Waals surface area contributed by atoms with Gasteiger partial charge in [0, 0.05) is 19.8 Å². The first-order valence-electron chi connectivity index (χ1n) is 3.73. The van der Waals surface area contributed by atoms with Crippen molar-refractivity contribution >= 4 is 11.7 Å². The number of amides is 2. The summed E-state index contributed by atoms with van der Waals surface area (Å²) in [6.45, 7) is 0. The summed E-state index contributed by atoms with van der Waals surface area (Å²) in [6, 6.07) is 9.26. The molecule has 0 unspecified atom stereocenters. The molecule has 0 aliphatic carbocycles. The highest BCUT2D eigenvalue weighted by atomic mass is 16.2. The first-order chi connectivity index (χ1) is 5.70. The third-order valence-electron chi connectivity index (χ3n) is 1.43. The van der Waals surface area contributed by atoms with E-state index < -0.39 is 0 Å². The summed E-state index contributed by atoms with van der Waals surface area (Å²) in [5.41, 5.74) is 0.816. The van der Waals surface area contributed by atoms with Gasteiger partial charge in [-0.1, -0.05) is 18.2 Å². The Morgan fingerprint density at radius 3 is 2.33 bits per heavy atom. The van der Waals surface area contributed by atoms with Crippen LogP contribution in [0.4, 0.5) is 10.5 Å². The summed E-state index contributed by atoms with van der Waals surface area (Å²) in [5.74, 6) is 0. The first kappa shape index (κ1) is 8.59. The zero-order valence-corrected chi connectivity index (χ0v) is 7.24. The van der Waals surface area contributed by atoms with E-state index >= 15 is 0 Å². The molecule has 1 N–H and O–H groups in total. The van der Waals surface area contributed by atoms with Crippen molar-refractivity contribution in [2.75, 3.05) is 19.4 Å². The van der Waals surface area contributed by atoms with Crippen molar-refractivity contribution in [2.45, 2.75) is 0 Å². The second-order valence-electron chi connectivity index (χ2n) is 2.69. The number of urea groups is 1. The molecule has 0 spiro atoms. The van der Waals surface area contributed by atoms with E-state index in [1.807, 2.05) is 30.3 Å². The molecule has 0 fully saturated rings. The van der Waals surface area contributed by atoms with E-state index in [1.165, 1.54) is 4.90 Å². The molecule has 0 atom stereocenters. The van der Waals surface area contributed by atoms with Gasteiger partial charge in [-0.25, -0.2) is 4.79 Å². The quantitative estimate of drug-likeness (QED) is 0.681. The van der Waals surface area contributed by atoms with E-state index in [1.54, 1.807) is 14.1 Å². The summed E-state index contributed by atoms with van der Waals surface area (Å²) >= 11 is 0. The van der Waals surface area contributed by atoms with Crippen LogP contribution in [0.3, 0.4) is 0 Å². The largest absolute Gasteiger partial charge is 0.331 e. The number of hydrogen-bond acceptors (Lipinski definition) is 1. The number of nitrogens with one attached hydrogen (secondary N) is 1. The van der Waals surface area contributed by atoms with Crippen LogP contribution in [-0.2, 0) is 0 Å². The van der Waals surface area contributed by atoms with Crippen molar-refractivity contribution in [3.63, 3.8) is 0 Å². The number of rotatable bonds is 1. The lowest BCUT2D eigenvalue weighted by Gasteiger charge is -2.11. The molecule has 0 radical (unpaired) electrons. The number of hydrogen-bond donors (Lipinski definition) is 1. The molecule has 3 nitrogen and oxygen atoms in total. The molecule has 3 heteroatoms. The predicted octanol–water partition coefficient (Wildman–Crippen LogP) is 1.78. The molecule has 1 aromatic carbocycles. The van der Waals surface area contributed by atoms with Gasteiger partial charge < -0.3 is 10.2 Å². The minimum Gasteiger partial charge on any atom is -0.331 e. The van der Waals surface area contributed by atoms with Gasteiger partial charge in [-0.3, -0.25) is 0 Å². The molecule has 0 aliphatic heterocycles. The molecule has 0 bridgehead atoms. The number of carbonyl (C=O) groups is 1. The predicted molar refractivity (Wildman–Crippen MR) is 49.1 cm³/mol. The van der Waals surface area contributed by atoms with Gasteiger partial charge in [0.25, 0.3) is 0 Å². The molecular weight excluding hydrogens is 156 g/mol. The van der Waals surface area contributed by atoms with Crippen LogP contribution in [0.25, 0.3) is 0 Å². The Bertz CT molecular complexity index is 256. The molecule has 0 saturated heterocycles. The smallest absolute Gasteiger partial charge is 0.321 e. The first-order valence-corrected chi connectivity index (χ1v) is 3.73. The molecule has 64 valence electrons. The second-order valence-corrected chi connectivity index (χ2v) is 2.69. The Labute approximate surface area is 72.0 Å². The maximum absolute atomic E-state index is 11.1. The SMILES string of the molecule is [14CH3]N([14CH3])C(=O)Nc1ccccc1. The fourth-order valence-electron chi connectivity index (χ4n) is 0.757. The van der Waals surface area contributed by atoms with Gasteiger partial charge in [0.05, 0.1) is 0 Å². The lowest BCUT2D eigenvalue weighted by atomic mass is 10.3. The van der Waals surface area contributed by atoms with Crippen LogP contribution < -0.4 is 5.32 Å². The molecule has 0 aliphatic rings. The average molecular weight is 168 g/mol. The zero-order valence-electron chi connectivity index (χ0n) is 7.24. The highest BCUT2D eigenvalue weighted by Crippen LogP contribution is 2.04. The molecule has 1 aromatic rings. The maximum atomic E-state index is 11.1. The average Bonchev–Trinajstić information content (AvgIpc) is 2.06. The van der Waals surface area contributed by atoms with Gasteiger partial charge in [0.2, 0.25) is 0 Å². The maximum Gasteiger partial charge on any atom is 0.321 e. The van der Waals surface area contributed by atoms with Crippen molar-refractivity contribution in [3.05, 3.63) is 30.3 Å². The van der Waals surface area contributed by atoms with Crippen LogP contribution in [-0.4, -0.2) is 25.0 Å². The van der Waals surface area contributed by atoms with Crippen LogP contribution >= 0.6 is 0 Å². The van der Waals surface area contributed by atoms with Crippen LogP contribution in [0.1, 0.15) is 0 Å². The van der Waals surface area contributed by atoms with E-state index in [-0.39, 0.29) is 6.03 Å². The minimum atomic E-state index is -0.110. The van der Waals surface area contributed by atoms with E-state index in [0.29, 0.717) is 0 Å². The Kier molecular flexibility index (Phi) is 2.69. The molecule has 1 rings (SSSR count). The van der Waals surface area contributed by atoms with Crippen molar-refractivity contribution in [2.24, 2.45) is 0 Å². The Hall–Kier alpha value is -1.51. The van der Waals surface area contributed by atoms with Crippen LogP contribution in [0.5, 0.6) is 0 Å². The summed E-state index contributed by atoms with van der Waals surface area (Å²) in [7, 11) is 3.41. The number of nitrogens with zero attached hydrogens (tertiary/aromatic N) is 1. The monoisotopic (exact) mass is 168 g/mol. The van der Waals surface area contributed by atoms with E-state index in [4.69, 9.17) is 0 Å².